The molecule has 0 heterocycles. The van der Waals surface area contributed by atoms with Gasteiger partial charge in [-0.25, -0.2) is 0 Å². The summed E-state index contributed by atoms with van der Waals surface area (Å²) in [7, 11) is 0. The van der Waals surface area contributed by atoms with Crippen molar-refractivity contribution in [1.29, 1.82) is 5.26 Å². The molecule has 3 nitrogen and oxygen atoms in total. The number of nitrogens with one attached hydrogen (secondary N) is 1. The van der Waals surface area contributed by atoms with Gasteiger partial charge in [-0.2, -0.15) is 18.4 Å². The number of rotatable bonds is 3. The van der Waals surface area contributed by atoms with Gasteiger partial charge in [0.2, 0.25) is 0 Å². The molecule has 0 saturated carbocycles. The van der Waals surface area contributed by atoms with Gasteiger partial charge in [-0.3, -0.25) is 0 Å². The monoisotopic (exact) mass is 354 g/mol. The summed E-state index contributed by atoms with van der Waals surface area (Å²) < 4.78 is 38.6. The minimum Gasteiger partial charge on any atom is -0.507 e. The number of phenols is 1. The highest BCUT2D eigenvalue weighted by Crippen LogP contribution is 2.37. The van der Waals surface area contributed by atoms with Gasteiger partial charge in [-0.1, -0.05) is 24.3 Å². The quantitative estimate of drug-likeness (QED) is 0.594. The molecule has 0 unspecified atom stereocenters. The molecule has 130 valence electrons. The SMILES string of the molecule is N#Cc1cccc(-c2ccc(Nc3ccc(O)c(C(F)(F)F)c3)cc2)c1. The van der Waals surface area contributed by atoms with E-state index in [1.54, 1.807) is 30.3 Å². The highest BCUT2D eigenvalue weighted by molar-refractivity contribution is 5.69. The molecule has 26 heavy (non-hydrogen) atoms. The van der Waals surface area contributed by atoms with E-state index in [9.17, 15) is 18.3 Å². The molecule has 0 aliphatic rings. The van der Waals surface area contributed by atoms with Gasteiger partial charge in [0.15, 0.2) is 0 Å². The summed E-state index contributed by atoms with van der Waals surface area (Å²) in [5, 5.41) is 21.2. The maximum absolute atomic E-state index is 12.9. The number of nitrogens with zero attached hydrogens (tertiary/aromatic N) is 1. The molecule has 0 aromatic heterocycles. The van der Waals surface area contributed by atoms with Gasteiger partial charge in [-0.15, -0.1) is 0 Å². The average Bonchev–Trinajstić information content (AvgIpc) is 2.63. The third kappa shape index (κ3) is 3.78. The third-order valence-electron chi connectivity index (χ3n) is 3.80. The van der Waals surface area contributed by atoms with E-state index in [-0.39, 0.29) is 5.69 Å². The lowest BCUT2D eigenvalue weighted by atomic mass is 10.0. The molecule has 0 amide bonds. The molecule has 3 aromatic carbocycles. The number of aromatic hydroxyl groups is 1. The van der Waals surface area contributed by atoms with Gasteiger partial charge in [-0.05, 0) is 53.6 Å². The Balaban J connectivity index is 1.83. The highest BCUT2D eigenvalue weighted by atomic mass is 19.4. The fraction of sp³-hybridized carbons (Fsp3) is 0.0500. The van der Waals surface area contributed by atoms with Gasteiger partial charge in [0, 0.05) is 11.4 Å². The maximum atomic E-state index is 12.9. The Morgan fingerprint density at radius 2 is 1.54 bits per heavy atom. The van der Waals surface area contributed by atoms with Crippen molar-refractivity contribution in [2.75, 3.05) is 5.32 Å². The van der Waals surface area contributed by atoms with E-state index >= 15 is 0 Å². The van der Waals surface area contributed by atoms with E-state index in [2.05, 4.69) is 11.4 Å². The van der Waals surface area contributed by atoms with E-state index in [0.717, 1.165) is 23.3 Å². The molecule has 0 radical (unpaired) electrons. The summed E-state index contributed by atoms with van der Waals surface area (Å²) in [4.78, 5) is 0. The summed E-state index contributed by atoms with van der Waals surface area (Å²) in [5.41, 5.74) is 2.04. The van der Waals surface area contributed by atoms with Crippen LogP contribution >= 0.6 is 0 Å². The number of nitriles is 1. The zero-order valence-electron chi connectivity index (χ0n) is 13.4. The van der Waals surface area contributed by atoms with Crippen LogP contribution in [0.2, 0.25) is 0 Å². The first-order chi connectivity index (χ1) is 12.4. The first-order valence-electron chi connectivity index (χ1n) is 7.64. The van der Waals surface area contributed by atoms with Crippen molar-refractivity contribution in [3.8, 4) is 22.9 Å². The van der Waals surface area contributed by atoms with Crippen molar-refractivity contribution in [3.63, 3.8) is 0 Å². The Morgan fingerprint density at radius 3 is 2.19 bits per heavy atom. The summed E-state index contributed by atoms with van der Waals surface area (Å²) in [6.45, 7) is 0. The van der Waals surface area contributed by atoms with Crippen molar-refractivity contribution in [2.45, 2.75) is 6.18 Å². The molecule has 0 atom stereocenters. The van der Waals surface area contributed by atoms with Crippen molar-refractivity contribution >= 4 is 11.4 Å². The Kier molecular flexibility index (Phi) is 4.55. The Bertz CT molecular complexity index is 974. The van der Waals surface area contributed by atoms with E-state index in [4.69, 9.17) is 5.26 Å². The number of halogens is 3. The fourth-order valence-corrected chi connectivity index (χ4v) is 2.52. The minimum atomic E-state index is -4.63. The summed E-state index contributed by atoms with van der Waals surface area (Å²) >= 11 is 0. The lowest BCUT2D eigenvalue weighted by Gasteiger charge is -2.13. The zero-order chi connectivity index (χ0) is 18.7. The van der Waals surface area contributed by atoms with Crippen LogP contribution in [-0.4, -0.2) is 5.11 Å². The Morgan fingerprint density at radius 1 is 0.846 bits per heavy atom. The van der Waals surface area contributed by atoms with Crippen LogP contribution in [0.3, 0.4) is 0 Å². The van der Waals surface area contributed by atoms with Crippen LogP contribution in [0.25, 0.3) is 11.1 Å². The first-order valence-corrected chi connectivity index (χ1v) is 7.64. The first kappa shape index (κ1) is 17.4. The molecule has 6 heteroatoms. The number of phenolic OH excluding ortho intramolecular Hbond substituents is 1. The number of alkyl halides is 3. The number of anilines is 2. The summed E-state index contributed by atoms with van der Waals surface area (Å²) in [5.74, 6) is -0.809. The number of hydrogen-bond donors (Lipinski definition) is 2. The molecule has 3 rings (SSSR count). The van der Waals surface area contributed by atoms with Crippen molar-refractivity contribution in [1.82, 2.24) is 0 Å². The number of benzene rings is 3. The molecule has 0 bridgehead atoms. The van der Waals surface area contributed by atoms with Crippen LogP contribution in [-0.2, 0) is 6.18 Å². The Hall–Kier alpha value is -3.46. The molecule has 0 aliphatic heterocycles. The minimum absolute atomic E-state index is 0.217. The molecule has 3 aromatic rings. The van der Waals surface area contributed by atoms with E-state index in [1.807, 2.05) is 18.2 Å². The second-order valence-corrected chi connectivity index (χ2v) is 5.62. The van der Waals surface area contributed by atoms with Gasteiger partial charge in [0.1, 0.15) is 5.75 Å². The smallest absolute Gasteiger partial charge is 0.420 e. The van der Waals surface area contributed by atoms with E-state index in [0.29, 0.717) is 11.3 Å². The Labute approximate surface area is 148 Å². The second-order valence-electron chi connectivity index (χ2n) is 5.62. The van der Waals surface area contributed by atoms with Crippen molar-refractivity contribution < 1.29 is 18.3 Å². The highest BCUT2D eigenvalue weighted by Gasteiger charge is 2.34. The van der Waals surface area contributed by atoms with Crippen LogP contribution in [0.15, 0.2) is 66.7 Å². The van der Waals surface area contributed by atoms with E-state index < -0.39 is 17.5 Å². The van der Waals surface area contributed by atoms with Crippen molar-refractivity contribution in [2.24, 2.45) is 0 Å². The van der Waals surface area contributed by atoms with Crippen molar-refractivity contribution in [3.05, 3.63) is 77.9 Å². The van der Waals surface area contributed by atoms with Gasteiger partial charge in [0.25, 0.3) is 0 Å². The maximum Gasteiger partial charge on any atom is 0.420 e. The summed E-state index contributed by atoms with van der Waals surface area (Å²) in [6, 6.07) is 19.5. The largest absolute Gasteiger partial charge is 0.507 e. The summed E-state index contributed by atoms with van der Waals surface area (Å²) in [6.07, 6.45) is -4.63. The molecule has 0 aliphatic carbocycles. The van der Waals surface area contributed by atoms with Gasteiger partial charge < -0.3 is 10.4 Å². The molecule has 0 saturated heterocycles. The second kappa shape index (κ2) is 6.81. The predicted molar refractivity (Wildman–Crippen MR) is 93.0 cm³/mol. The average molecular weight is 354 g/mol. The predicted octanol–water partition coefficient (Wildman–Crippen LogP) is 5.69. The normalized spacial score (nSPS) is 11.0. The number of hydrogen-bond acceptors (Lipinski definition) is 3. The van der Waals surface area contributed by atoms with Gasteiger partial charge in [0.05, 0.1) is 17.2 Å². The third-order valence-corrected chi connectivity index (χ3v) is 3.80. The topological polar surface area (TPSA) is 56.0 Å². The molecule has 0 fully saturated rings. The van der Waals surface area contributed by atoms with Crippen LogP contribution < -0.4 is 5.32 Å². The fourth-order valence-electron chi connectivity index (χ4n) is 2.52. The van der Waals surface area contributed by atoms with Crippen LogP contribution in [0.1, 0.15) is 11.1 Å². The van der Waals surface area contributed by atoms with Gasteiger partial charge >= 0.3 is 6.18 Å². The van der Waals surface area contributed by atoms with Crippen LogP contribution in [0, 0.1) is 11.3 Å². The molecular formula is C20H13F3N2O. The lowest BCUT2D eigenvalue weighted by Crippen LogP contribution is -2.06. The lowest BCUT2D eigenvalue weighted by molar-refractivity contribution is -0.138. The molecule has 2 N–H and O–H groups in total. The molecule has 0 spiro atoms. The van der Waals surface area contributed by atoms with E-state index in [1.165, 1.54) is 6.07 Å². The zero-order valence-corrected chi connectivity index (χ0v) is 13.4. The van der Waals surface area contributed by atoms with Crippen LogP contribution in [0.4, 0.5) is 24.5 Å². The standard InChI is InChI=1S/C20H13F3N2O/c21-20(22,23)18-11-17(8-9-19(18)26)25-16-6-4-14(5-7-16)15-3-1-2-13(10-15)12-24/h1-11,25-26H. The van der Waals surface area contributed by atoms with Crippen LogP contribution in [0.5, 0.6) is 5.75 Å². The molecular weight excluding hydrogens is 341 g/mol.